The molecule has 0 radical (unpaired) electrons. The summed E-state index contributed by atoms with van der Waals surface area (Å²) in [5, 5.41) is 3.40. The Morgan fingerprint density at radius 1 is 0.926 bits per heavy atom. The van der Waals surface area contributed by atoms with Gasteiger partial charge in [0.05, 0.1) is 22.9 Å². The van der Waals surface area contributed by atoms with Crippen LogP contribution in [0.4, 0.5) is 10.1 Å². The van der Waals surface area contributed by atoms with E-state index in [2.05, 4.69) is 15.3 Å². The Morgan fingerprint density at radius 3 is 2.41 bits per heavy atom. The number of nitrogens with one attached hydrogen (secondary N) is 1. The highest BCUT2D eigenvalue weighted by Gasteiger charge is 2.07. The van der Waals surface area contributed by atoms with E-state index < -0.39 is 0 Å². The number of aromatic nitrogens is 2. The van der Waals surface area contributed by atoms with E-state index in [1.54, 1.807) is 30.5 Å². The fourth-order valence-electron chi connectivity index (χ4n) is 2.65. The average Bonchev–Trinajstić information content (AvgIpc) is 2.68. The Kier molecular flexibility index (Phi) is 4.52. The van der Waals surface area contributed by atoms with E-state index in [1.807, 2.05) is 18.2 Å². The third-order valence-electron chi connectivity index (χ3n) is 4.05. The summed E-state index contributed by atoms with van der Waals surface area (Å²) in [6.07, 6.45) is 1.69. The Labute approximate surface area is 159 Å². The monoisotopic (exact) mass is 377 g/mol. The van der Waals surface area contributed by atoms with E-state index in [4.69, 9.17) is 11.6 Å². The van der Waals surface area contributed by atoms with Crippen molar-refractivity contribution in [2.75, 3.05) is 5.32 Å². The highest BCUT2D eigenvalue weighted by atomic mass is 35.5. The fourth-order valence-corrected chi connectivity index (χ4v) is 2.82. The fraction of sp³-hybridized carbons (Fsp3) is 0. The van der Waals surface area contributed by atoms with Gasteiger partial charge in [0.15, 0.2) is 0 Å². The minimum absolute atomic E-state index is 0.301. The number of nitrogens with zero attached hydrogens (tertiary/aromatic N) is 2. The van der Waals surface area contributed by atoms with E-state index in [0.717, 1.165) is 22.3 Å². The van der Waals surface area contributed by atoms with Gasteiger partial charge in [-0.2, -0.15) is 0 Å². The zero-order valence-corrected chi connectivity index (χ0v) is 14.7. The topological polar surface area (TPSA) is 54.9 Å². The van der Waals surface area contributed by atoms with E-state index in [-0.39, 0.29) is 11.7 Å². The molecule has 0 fully saturated rings. The molecule has 1 heterocycles. The van der Waals surface area contributed by atoms with Crippen LogP contribution in [0.3, 0.4) is 0 Å². The van der Waals surface area contributed by atoms with Crippen LogP contribution in [0.1, 0.15) is 10.4 Å². The van der Waals surface area contributed by atoms with Crippen LogP contribution in [0.25, 0.3) is 22.3 Å². The lowest BCUT2D eigenvalue weighted by Gasteiger charge is -2.07. The molecule has 6 heteroatoms. The summed E-state index contributed by atoms with van der Waals surface area (Å²) >= 11 is 5.97. The summed E-state index contributed by atoms with van der Waals surface area (Å²) < 4.78 is 13.0. The zero-order valence-electron chi connectivity index (χ0n) is 14.0. The molecule has 132 valence electrons. The van der Waals surface area contributed by atoms with E-state index in [0.29, 0.717) is 16.3 Å². The summed E-state index contributed by atoms with van der Waals surface area (Å²) in [4.78, 5) is 21.2. The molecule has 1 N–H and O–H groups in total. The van der Waals surface area contributed by atoms with Crippen LogP contribution in [0.5, 0.6) is 0 Å². The van der Waals surface area contributed by atoms with Crippen molar-refractivity contribution < 1.29 is 9.18 Å². The lowest BCUT2D eigenvalue weighted by Crippen LogP contribution is -2.11. The van der Waals surface area contributed by atoms with Gasteiger partial charge in [-0.3, -0.25) is 9.78 Å². The number of benzene rings is 3. The lowest BCUT2D eigenvalue weighted by molar-refractivity contribution is 0.102. The molecule has 0 atom stereocenters. The molecule has 4 nitrogen and oxygen atoms in total. The molecule has 1 amide bonds. The summed E-state index contributed by atoms with van der Waals surface area (Å²) in [5.41, 5.74) is 4.11. The second kappa shape index (κ2) is 7.13. The van der Waals surface area contributed by atoms with Gasteiger partial charge in [-0.15, -0.1) is 0 Å². The SMILES string of the molecule is O=C(Nc1ccc(-c2cnc3cc(Cl)ccc3n2)cc1)c1ccc(F)cc1. The normalized spacial score (nSPS) is 10.7. The van der Waals surface area contributed by atoms with Gasteiger partial charge in [-0.1, -0.05) is 23.7 Å². The summed E-state index contributed by atoms with van der Waals surface area (Å²) in [7, 11) is 0. The van der Waals surface area contributed by atoms with Crippen LogP contribution in [-0.4, -0.2) is 15.9 Å². The predicted molar refractivity (Wildman–Crippen MR) is 104 cm³/mol. The van der Waals surface area contributed by atoms with Gasteiger partial charge in [-0.05, 0) is 54.6 Å². The van der Waals surface area contributed by atoms with E-state index in [1.165, 1.54) is 24.3 Å². The van der Waals surface area contributed by atoms with Crippen molar-refractivity contribution in [3.63, 3.8) is 0 Å². The lowest BCUT2D eigenvalue weighted by atomic mass is 10.1. The zero-order chi connectivity index (χ0) is 18.8. The highest BCUT2D eigenvalue weighted by Crippen LogP contribution is 2.23. The first-order valence-electron chi connectivity index (χ1n) is 8.18. The van der Waals surface area contributed by atoms with Crippen LogP contribution < -0.4 is 5.32 Å². The quantitative estimate of drug-likeness (QED) is 0.524. The van der Waals surface area contributed by atoms with E-state index >= 15 is 0 Å². The molecular formula is C21H13ClFN3O. The number of amides is 1. The van der Waals surface area contributed by atoms with Gasteiger partial charge in [0.25, 0.3) is 5.91 Å². The maximum atomic E-state index is 13.0. The van der Waals surface area contributed by atoms with Crippen LogP contribution >= 0.6 is 11.6 Å². The molecule has 0 bridgehead atoms. The van der Waals surface area contributed by atoms with Crippen molar-refractivity contribution in [3.8, 4) is 11.3 Å². The van der Waals surface area contributed by atoms with Crippen LogP contribution in [0, 0.1) is 5.82 Å². The average molecular weight is 378 g/mol. The Balaban J connectivity index is 1.54. The number of hydrogen-bond donors (Lipinski definition) is 1. The first-order valence-corrected chi connectivity index (χ1v) is 8.56. The summed E-state index contributed by atoms with van der Waals surface area (Å²) in [6.45, 7) is 0. The van der Waals surface area contributed by atoms with Crippen LogP contribution in [-0.2, 0) is 0 Å². The second-order valence-corrected chi connectivity index (χ2v) is 6.36. The third kappa shape index (κ3) is 3.78. The number of carbonyl (C=O) groups is 1. The standard InChI is InChI=1S/C21H13ClFN3O/c22-15-5-10-18-19(11-15)24-12-20(26-18)13-3-8-17(9-4-13)25-21(27)14-1-6-16(23)7-2-14/h1-12H,(H,25,27). The predicted octanol–water partition coefficient (Wildman–Crippen LogP) is 5.34. The molecule has 4 rings (SSSR count). The maximum absolute atomic E-state index is 13.0. The summed E-state index contributed by atoms with van der Waals surface area (Å²) in [5.74, 6) is -0.681. The molecule has 0 saturated heterocycles. The number of halogens is 2. The molecule has 0 unspecified atom stereocenters. The number of hydrogen-bond acceptors (Lipinski definition) is 3. The van der Waals surface area contributed by atoms with Gasteiger partial charge < -0.3 is 5.32 Å². The first-order chi connectivity index (χ1) is 13.1. The number of carbonyl (C=O) groups excluding carboxylic acids is 1. The minimum atomic E-state index is -0.380. The van der Waals surface area contributed by atoms with E-state index in [9.17, 15) is 9.18 Å². The van der Waals surface area contributed by atoms with Gasteiger partial charge >= 0.3 is 0 Å². The Bertz CT molecular complexity index is 1130. The molecule has 1 aromatic heterocycles. The molecule has 27 heavy (non-hydrogen) atoms. The van der Waals surface area contributed by atoms with Crippen molar-refractivity contribution in [1.82, 2.24) is 9.97 Å². The molecular weight excluding hydrogens is 365 g/mol. The maximum Gasteiger partial charge on any atom is 0.255 e. The van der Waals surface area contributed by atoms with Crippen molar-refractivity contribution in [3.05, 3.63) is 89.3 Å². The van der Waals surface area contributed by atoms with Crippen molar-refractivity contribution in [2.24, 2.45) is 0 Å². The molecule has 0 aliphatic rings. The third-order valence-corrected chi connectivity index (χ3v) is 4.28. The largest absolute Gasteiger partial charge is 0.322 e. The van der Waals surface area contributed by atoms with Crippen molar-refractivity contribution in [2.45, 2.75) is 0 Å². The smallest absolute Gasteiger partial charge is 0.255 e. The molecule has 4 aromatic rings. The minimum Gasteiger partial charge on any atom is -0.322 e. The van der Waals surface area contributed by atoms with Crippen molar-refractivity contribution in [1.29, 1.82) is 0 Å². The van der Waals surface area contributed by atoms with Crippen LogP contribution in [0.15, 0.2) is 72.9 Å². The molecule has 0 saturated carbocycles. The second-order valence-electron chi connectivity index (χ2n) is 5.93. The Morgan fingerprint density at radius 2 is 1.67 bits per heavy atom. The first kappa shape index (κ1) is 17.1. The number of anilines is 1. The van der Waals surface area contributed by atoms with Crippen LogP contribution in [0.2, 0.25) is 5.02 Å². The molecule has 0 aliphatic carbocycles. The number of fused-ring (bicyclic) bond motifs is 1. The van der Waals surface area contributed by atoms with Gasteiger partial charge in [-0.25, -0.2) is 9.37 Å². The highest BCUT2D eigenvalue weighted by molar-refractivity contribution is 6.31. The molecule has 0 spiro atoms. The molecule has 3 aromatic carbocycles. The van der Waals surface area contributed by atoms with Crippen molar-refractivity contribution >= 4 is 34.2 Å². The van der Waals surface area contributed by atoms with Gasteiger partial charge in [0.1, 0.15) is 5.82 Å². The van der Waals surface area contributed by atoms with Gasteiger partial charge in [0, 0.05) is 21.8 Å². The Hall–Kier alpha value is -3.31. The number of rotatable bonds is 3. The summed E-state index contributed by atoms with van der Waals surface area (Å²) in [6, 6.07) is 18.0. The molecule has 0 aliphatic heterocycles. The van der Waals surface area contributed by atoms with Gasteiger partial charge in [0.2, 0.25) is 0 Å².